The highest BCUT2D eigenvalue weighted by atomic mass is 32.2. The highest BCUT2D eigenvalue weighted by Gasteiger charge is 2.27. The average Bonchev–Trinajstić information content (AvgIpc) is 2.90. The minimum atomic E-state index is -3.56. The van der Waals surface area contributed by atoms with Crippen molar-refractivity contribution in [2.45, 2.75) is 44.3 Å². The Balaban J connectivity index is 2.18. The second-order valence-corrected chi connectivity index (χ2v) is 7.17. The van der Waals surface area contributed by atoms with Gasteiger partial charge in [0.25, 0.3) is 0 Å². The van der Waals surface area contributed by atoms with Crippen molar-refractivity contribution in [2.75, 3.05) is 13.2 Å². The first-order chi connectivity index (χ1) is 9.97. The molecule has 5 nitrogen and oxygen atoms in total. The first-order valence-electron chi connectivity index (χ1n) is 7.32. The summed E-state index contributed by atoms with van der Waals surface area (Å²) in [6.07, 6.45) is 1.59. The van der Waals surface area contributed by atoms with Crippen molar-refractivity contribution in [2.24, 2.45) is 5.92 Å². The molecule has 1 saturated heterocycles. The number of aliphatic hydroxyl groups excluding tert-OH is 1. The smallest absolute Gasteiger partial charge is 0.240 e. The number of aliphatic hydroxyl groups is 1. The van der Waals surface area contributed by atoms with E-state index in [4.69, 9.17) is 4.74 Å². The second-order valence-electron chi connectivity index (χ2n) is 5.43. The fourth-order valence-corrected chi connectivity index (χ4v) is 4.03. The first-order valence-corrected chi connectivity index (χ1v) is 8.80. The van der Waals surface area contributed by atoms with E-state index >= 15 is 0 Å². The van der Waals surface area contributed by atoms with Gasteiger partial charge < -0.3 is 9.84 Å². The summed E-state index contributed by atoms with van der Waals surface area (Å²) in [5.74, 6) is 0.214. The predicted octanol–water partition coefficient (Wildman–Crippen LogP) is 1.44. The molecule has 0 amide bonds. The quantitative estimate of drug-likeness (QED) is 0.833. The Morgan fingerprint density at radius 2 is 2.19 bits per heavy atom. The summed E-state index contributed by atoms with van der Waals surface area (Å²) in [5.41, 5.74) is 1.36. The number of ether oxygens (including phenoxy) is 1. The molecule has 1 aliphatic heterocycles. The molecule has 0 spiro atoms. The molecule has 2 rings (SSSR count). The van der Waals surface area contributed by atoms with Gasteiger partial charge in [0.1, 0.15) is 0 Å². The minimum absolute atomic E-state index is 0.0853. The molecule has 2 unspecified atom stereocenters. The van der Waals surface area contributed by atoms with Gasteiger partial charge in [-0.25, -0.2) is 13.1 Å². The summed E-state index contributed by atoms with van der Waals surface area (Å²) in [5, 5.41) is 9.20. The maximum atomic E-state index is 12.5. The molecule has 21 heavy (non-hydrogen) atoms. The second kappa shape index (κ2) is 6.87. The Bertz CT molecular complexity index is 585. The monoisotopic (exact) mass is 313 g/mol. The van der Waals surface area contributed by atoms with Gasteiger partial charge in [0.15, 0.2) is 0 Å². The van der Waals surface area contributed by atoms with Crippen LogP contribution in [0.25, 0.3) is 0 Å². The van der Waals surface area contributed by atoms with Gasteiger partial charge in [0.2, 0.25) is 10.0 Å². The van der Waals surface area contributed by atoms with Crippen molar-refractivity contribution in [1.82, 2.24) is 4.72 Å². The lowest BCUT2D eigenvalue weighted by molar-refractivity contribution is 0.107. The third-order valence-electron chi connectivity index (χ3n) is 4.05. The first kappa shape index (κ1) is 16.4. The summed E-state index contributed by atoms with van der Waals surface area (Å²) in [4.78, 5) is 0.267. The highest BCUT2D eigenvalue weighted by Crippen LogP contribution is 2.22. The van der Waals surface area contributed by atoms with E-state index in [1.165, 1.54) is 0 Å². The summed E-state index contributed by atoms with van der Waals surface area (Å²) >= 11 is 0. The van der Waals surface area contributed by atoms with E-state index in [-0.39, 0.29) is 23.5 Å². The van der Waals surface area contributed by atoms with E-state index in [9.17, 15) is 13.5 Å². The molecule has 118 valence electrons. The van der Waals surface area contributed by atoms with Gasteiger partial charge in [-0.15, -0.1) is 0 Å². The van der Waals surface area contributed by atoms with Crippen LogP contribution in [0.5, 0.6) is 0 Å². The molecule has 2 N–H and O–H groups in total. The van der Waals surface area contributed by atoms with Crippen LogP contribution in [-0.4, -0.2) is 32.8 Å². The van der Waals surface area contributed by atoms with Gasteiger partial charge in [-0.2, -0.15) is 0 Å². The third-order valence-corrected chi connectivity index (χ3v) is 5.56. The van der Waals surface area contributed by atoms with Gasteiger partial charge in [-0.05, 0) is 37.0 Å². The molecule has 0 aromatic heterocycles. The number of hydrogen-bond acceptors (Lipinski definition) is 4. The standard InChI is InChI=1S/C15H23NO4S/c1-3-13-5-4-12(10-17)8-15(13)21(18,19)16-9-14-6-7-20-11(14)2/h4-5,8,11,14,16-17H,3,6-7,9-10H2,1-2H3. The number of aryl methyl sites for hydroxylation is 1. The Morgan fingerprint density at radius 3 is 2.76 bits per heavy atom. The van der Waals surface area contributed by atoms with Crippen molar-refractivity contribution in [3.05, 3.63) is 29.3 Å². The molecule has 6 heteroatoms. The van der Waals surface area contributed by atoms with Gasteiger partial charge >= 0.3 is 0 Å². The Kier molecular flexibility index (Phi) is 5.37. The zero-order valence-corrected chi connectivity index (χ0v) is 13.3. The van der Waals surface area contributed by atoms with E-state index in [1.54, 1.807) is 18.2 Å². The van der Waals surface area contributed by atoms with Crippen LogP contribution < -0.4 is 4.72 Å². The molecule has 1 heterocycles. The van der Waals surface area contributed by atoms with Crippen molar-refractivity contribution in [3.63, 3.8) is 0 Å². The van der Waals surface area contributed by atoms with Crippen LogP contribution in [0.3, 0.4) is 0 Å². The molecule has 1 aliphatic rings. The van der Waals surface area contributed by atoms with Crippen molar-refractivity contribution >= 4 is 10.0 Å². The lowest BCUT2D eigenvalue weighted by Crippen LogP contribution is -2.32. The molecule has 0 saturated carbocycles. The maximum absolute atomic E-state index is 12.5. The van der Waals surface area contributed by atoms with Gasteiger partial charge in [-0.3, -0.25) is 0 Å². The minimum Gasteiger partial charge on any atom is -0.392 e. The molecular formula is C15H23NO4S. The molecule has 0 aliphatic carbocycles. The fourth-order valence-electron chi connectivity index (χ4n) is 2.58. The SMILES string of the molecule is CCc1ccc(CO)cc1S(=O)(=O)NCC1CCOC1C. The van der Waals surface area contributed by atoms with Crippen molar-refractivity contribution in [1.29, 1.82) is 0 Å². The largest absolute Gasteiger partial charge is 0.392 e. The number of rotatable bonds is 6. The van der Waals surface area contributed by atoms with E-state index < -0.39 is 10.0 Å². The zero-order chi connectivity index (χ0) is 15.5. The topological polar surface area (TPSA) is 75.6 Å². The number of sulfonamides is 1. The Morgan fingerprint density at radius 1 is 1.43 bits per heavy atom. The summed E-state index contributed by atoms with van der Waals surface area (Å²) in [7, 11) is -3.56. The fraction of sp³-hybridized carbons (Fsp3) is 0.600. The normalized spacial score (nSPS) is 22.6. The van der Waals surface area contributed by atoms with Gasteiger partial charge in [0, 0.05) is 19.1 Å². The lowest BCUT2D eigenvalue weighted by Gasteiger charge is -2.16. The Labute approximate surface area is 126 Å². The van der Waals surface area contributed by atoms with Crippen LogP contribution in [0, 0.1) is 5.92 Å². The van der Waals surface area contributed by atoms with Crippen LogP contribution in [0.2, 0.25) is 0 Å². The number of hydrogen-bond donors (Lipinski definition) is 2. The third kappa shape index (κ3) is 3.83. The molecule has 1 aromatic carbocycles. The van der Waals surface area contributed by atoms with Crippen LogP contribution in [0.15, 0.2) is 23.1 Å². The van der Waals surface area contributed by atoms with E-state index in [2.05, 4.69) is 4.72 Å². The Hall–Kier alpha value is -0.950. The molecular weight excluding hydrogens is 290 g/mol. The lowest BCUT2D eigenvalue weighted by atomic mass is 10.0. The summed E-state index contributed by atoms with van der Waals surface area (Å²) in [6.45, 7) is 4.79. The molecule has 0 bridgehead atoms. The predicted molar refractivity (Wildman–Crippen MR) is 80.5 cm³/mol. The molecule has 2 atom stereocenters. The zero-order valence-electron chi connectivity index (χ0n) is 12.5. The van der Waals surface area contributed by atoms with E-state index in [1.807, 2.05) is 13.8 Å². The molecule has 0 radical (unpaired) electrons. The summed E-state index contributed by atoms with van der Waals surface area (Å²) < 4.78 is 33.2. The number of nitrogens with one attached hydrogen (secondary N) is 1. The molecule has 1 fully saturated rings. The van der Waals surface area contributed by atoms with Crippen LogP contribution >= 0.6 is 0 Å². The summed E-state index contributed by atoms with van der Waals surface area (Å²) in [6, 6.07) is 5.07. The van der Waals surface area contributed by atoms with E-state index in [0.717, 1.165) is 12.0 Å². The highest BCUT2D eigenvalue weighted by molar-refractivity contribution is 7.89. The van der Waals surface area contributed by atoms with E-state index in [0.29, 0.717) is 25.1 Å². The number of benzene rings is 1. The van der Waals surface area contributed by atoms with Crippen LogP contribution in [0.4, 0.5) is 0 Å². The van der Waals surface area contributed by atoms with Gasteiger partial charge in [0.05, 0.1) is 17.6 Å². The molecule has 1 aromatic rings. The van der Waals surface area contributed by atoms with Crippen LogP contribution in [-0.2, 0) is 27.8 Å². The van der Waals surface area contributed by atoms with Gasteiger partial charge in [-0.1, -0.05) is 19.1 Å². The van der Waals surface area contributed by atoms with Crippen molar-refractivity contribution in [3.8, 4) is 0 Å². The average molecular weight is 313 g/mol. The maximum Gasteiger partial charge on any atom is 0.240 e. The van der Waals surface area contributed by atoms with Crippen LogP contribution in [0.1, 0.15) is 31.4 Å². The van der Waals surface area contributed by atoms with Crippen molar-refractivity contribution < 1.29 is 18.3 Å².